The van der Waals surface area contributed by atoms with Crippen LogP contribution in [0.4, 0.5) is 11.4 Å². The average molecular weight is 252 g/mol. The Balaban J connectivity index is 2.61. The van der Waals surface area contributed by atoms with Gasteiger partial charge in [0, 0.05) is 25.6 Å². The van der Waals surface area contributed by atoms with Crippen molar-refractivity contribution in [2.45, 2.75) is 0 Å². The lowest BCUT2D eigenvalue weighted by Crippen LogP contribution is -2.18. The molecule has 1 aromatic rings. The number of carbonyl (C=O) groups is 2. The van der Waals surface area contributed by atoms with Crippen LogP contribution in [0.25, 0.3) is 0 Å². The molecule has 18 heavy (non-hydrogen) atoms. The summed E-state index contributed by atoms with van der Waals surface area (Å²) >= 11 is 0. The third kappa shape index (κ3) is 4.94. The van der Waals surface area contributed by atoms with E-state index in [1.165, 1.54) is 14.2 Å². The first-order valence-electron chi connectivity index (χ1n) is 5.33. The van der Waals surface area contributed by atoms with Crippen LogP contribution >= 0.6 is 0 Å². The molecule has 0 aromatic heterocycles. The molecule has 0 aliphatic heterocycles. The second-order valence-corrected chi connectivity index (χ2v) is 3.54. The van der Waals surface area contributed by atoms with Gasteiger partial charge in [-0.05, 0) is 18.2 Å². The van der Waals surface area contributed by atoms with E-state index in [9.17, 15) is 9.59 Å². The molecule has 0 unspecified atom stereocenters. The van der Waals surface area contributed by atoms with Gasteiger partial charge in [0.1, 0.15) is 13.2 Å². The van der Waals surface area contributed by atoms with Crippen LogP contribution in [-0.2, 0) is 19.1 Å². The summed E-state index contributed by atoms with van der Waals surface area (Å²) in [7, 11) is 2.89. The largest absolute Gasteiger partial charge is 0.375 e. The number of nitrogens with one attached hydrogen (secondary N) is 2. The van der Waals surface area contributed by atoms with Gasteiger partial charge in [0.25, 0.3) is 0 Å². The van der Waals surface area contributed by atoms with E-state index in [0.717, 1.165) is 0 Å². The Kier molecular flexibility index (Phi) is 5.83. The smallest absolute Gasteiger partial charge is 0.250 e. The molecular weight excluding hydrogens is 236 g/mol. The topological polar surface area (TPSA) is 76.7 Å². The number of benzene rings is 1. The predicted molar refractivity (Wildman–Crippen MR) is 67.5 cm³/mol. The van der Waals surface area contributed by atoms with Crippen molar-refractivity contribution in [1.29, 1.82) is 0 Å². The van der Waals surface area contributed by atoms with Crippen LogP contribution in [0.5, 0.6) is 0 Å². The van der Waals surface area contributed by atoms with Gasteiger partial charge in [-0.1, -0.05) is 6.07 Å². The molecule has 0 bridgehead atoms. The molecule has 6 heteroatoms. The van der Waals surface area contributed by atoms with E-state index in [-0.39, 0.29) is 25.0 Å². The van der Waals surface area contributed by atoms with Crippen LogP contribution in [0.1, 0.15) is 0 Å². The minimum Gasteiger partial charge on any atom is -0.375 e. The number of amides is 2. The van der Waals surface area contributed by atoms with E-state index >= 15 is 0 Å². The molecule has 1 aromatic carbocycles. The second kappa shape index (κ2) is 7.41. The van der Waals surface area contributed by atoms with Crippen molar-refractivity contribution in [2.24, 2.45) is 0 Å². The molecule has 0 atom stereocenters. The zero-order valence-corrected chi connectivity index (χ0v) is 10.4. The zero-order chi connectivity index (χ0) is 13.4. The summed E-state index contributed by atoms with van der Waals surface area (Å²) in [5.41, 5.74) is 1.18. The van der Waals surface area contributed by atoms with Gasteiger partial charge in [-0.25, -0.2) is 0 Å². The van der Waals surface area contributed by atoms with Crippen LogP contribution in [0.3, 0.4) is 0 Å². The Labute approximate surface area is 105 Å². The molecular formula is C12H16N2O4. The number of anilines is 2. The quantitative estimate of drug-likeness (QED) is 0.787. The lowest BCUT2D eigenvalue weighted by Gasteiger charge is -2.08. The standard InChI is InChI=1S/C12H16N2O4/c1-17-7-11(15)13-9-4-3-5-10(6-9)14-12(16)8-18-2/h3-6H,7-8H2,1-2H3,(H,13,15)(H,14,16). The molecule has 0 spiro atoms. The van der Waals surface area contributed by atoms with Crippen molar-refractivity contribution in [3.63, 3.8) is 0 Å². The lowest BCUT2D eigenvalue weighted by atomic mass is 10.2. The van der Waals surface area contributed by atoms with E-state index in [1.54, 1.807) is 24.3 Å². The number of rotatable bonds is 6. The van der Waals surface area contributed by atoms with Crippen LogP contribution in [0, 0.1) is 0 Å². The van der Waals surface area contributed by atoms with E-state index in [0.29, 0.717) is 11.4 Å². The summed E-state index contributed by atoms with van der Waals surface area (Å²) in [6, 6.07) is 6.82. The van der Waals surface area contributed by atoms with Crippen LogP contribution in [0.15, 0.2) is 24.3 Å². The minimum absolute atomic E-state index is 0.0136. The molecule has 0 aliphatic carbocycles. The fraction of sp³-hybridized carbons (Fsp3) is 0.333. The lowest BCUT2D eigenvalue weighted by molar-refractivity contribution is -0.120. The first-order chi connectivity index (χ1) is 8.65. The highest BCUT2D eigenvalue weighted by molar-refractivity contribution is 5.94. The minimum atomic E-state index is -0.252. The molecule has 6 nitrogen and oxygen atoms in total. The molecule has 98 valence electrons. The summed E-state index contributed by atoms with van der Waals surface area (Å²) in [6.07, 6.45) is 0. The van der Waals surface area contributed by atoms with Gasteiger partial charge in [0.2, 0.25) is 11.8 Å². The van der Waals surface area contributed by atoms with E-state index in [4.69, 9.17) is 9.47 Å². The molecule has 0 saturated carbocycles. The average Bonchev–Trinajstić information content (AvgIpc) is 2.29. The highest BCUT2D eigenvalue weighted by Crippen LogP contribution is 2.14. The Morgan fingerprint density at radius 1 is 1.00 bits per heavy atom. The first-order valence-corrected chi connectivity index (χ1v) is 5.33. The molecule has 1 rings (SSSR count). The van der Waals surface area contributed by atoms with Crippen molar-refractivity contribution in [3.05, 3.63) is 24.3 Å². The summed E-state index contributed by atoms with van der Waals surface area (Å²) < 4.78 is 9.41. The number of hydrogen-bond donors (Lipinski definition) is 2. The molecule has 0 saturated heterocycles. The maximum absolute atomic E-state index is 11.3. The van der Waals surface area contributed by atoms with E-state index in [2.05, 4.69) is 10.6 Å². The highest BCUT2D eigenvalue weighted by atomic mass is 16.5. The molecule has 0 radical (unpaired) electrons. The Morgan fingerprint density at radius 3 is 1.83 bits per heavy atom. The third-order valence-corrected chi connectivity index (χ3v) is 1.98. The van der Waals surface area contributed by atoms with Gasteiger partial charge in [-0.2, -0.15) is 0 Å². The van der Waals surface area contributed by atoms with E-state index < -0.39 is 0 Å². The number of carbonyl (C=O) groups excluding carboxylic acids is 2. The predicted octanol–water partition coefficient (Wildman–Crippen LogP) is 0.856. The van der Waals surface area contributed by atoms with Crippen LogP contribution in [0.2, 0.25) is 0 Å². The van der Waals surface area contributed by atoms with Crippen molar-refractivity contribution in [3.8, 4) is 0 Å². The van der Waals surface area contributed by atoms with Gasteiger partial charge in [-0.3, -0.25) is 9.59 Å². The van der Waals surface area contributed by atoms with Gasteiger partial charge in [-0.15, -0.1) is 0 Å². The Hall–Kier alpha value is -1.92. The molecule has 0 aliphatic rings. The first kappa shape index (κ1) is 14.1. The SMILES string of the molecule is COCC(=O)Nc1cccc(NC(=O)COC)c1. The summed E-state index contributed by atoms with van der Waals surface area (Å²) in [5, 5.41) is 5.28. The van der Waals surface area contributed by atoms with Crippen molar-refractivity contribution >= 4 is 23.2 Å². The van der Waals surface area contributed by atoms with Crippen molar-refractivity contribution < 1.29 is 19.1 Å². The Morgan fingerprint density at radius 2 is 1.44 bits per heavy atom. The summed E-state index contributed by atoms with van der Waals surface area (Å²) in [4.78, 5) is 22.6. The fourth-order valence-corrected chi connectivity index (χ4v) is 1.33. The molecule has 0 heterocycles. The van der Waals surface area contributed by atoms with Gasteiger partial charge in [0.15, 0.2) is 0 Å². The maximum Gasteiger partial charge on any atom is 0.250 e. The second-order valence-electron chi connectivity index (χ2n) is 3.54. The highest BCUT2D eigenvalue weighted by Gasteiger charge is 2.04. The fourth-order valence-electron chi connectivity index (χ4n) is 1.33. The number of methoxy groups -OCH3 is 2. The van der Waals surface area contributed by atoms with Crippen LogP contribution in [-0.4, -0.2) is 39.2 Å². The Bertz CT molecular complexity index is 385. The summed E-state index contributed by atoms with van der Waals surface area (Å²) in [5.74, 6) is -0.504. The van der Waals surface area contributed by atoms with Gasteiger partial charge < -0.3 is 20.1 Å². The molecule has 2 N–H and O–H groups in total. The van der Waals surface area contributed by atoms with Crippen molar-refractivity contribution in [2.75, 3.05) is 38.1 Å². The molecule has 0 fully saturated rings. The maximum atomic E-state index is 11.3. The number of ether oxygens (including phenoxy) is 2. The van der Waals surface area contributed by atoms with Gasteiger partial charge >= 0.3 is 0 Å². The summed E-state index contributed by atoms with van der Waals surface area (Å²) in [6.45, 7) is -0.0273. The molecule has 2 amide bonds. The zero-order valence-electron chi connectivity index (χ0n) is 10.4. The van der Waals surface area contributed by atoms with Crippen molar-refractivity contribution in [1.82, 2.24) is 0 Å². The monoisotopic (exact) mass is 252 g/mol. The van der Waals surface area contributed by atoms with Gasteiger partial charge in [0.05, 0.1) is 0 Å². The third-order valence-electron chi connectivity index (χ3n) is 1.98. The normalized spacial score (nSPS) is 9.89. The van der Waals surface area contributed by atoms with Crippen LogP contribution < -0.4 is 10.6 Å². The number of hydrogen-bond acceptors (Lipinski definition) is 4. The van der Waals surface area contributed by atoms with E-state index in [1.807, 2.05) is 0 Å².